The van der Waals surface area contributed by atoms with E-state index in [4.69, 9.17) is 0 Å². The Morgan fingerprint density at radius 2 is 1.92 bits per heavy atom. The van der Waals surface area contributed by atoms with Gasteiger partial charge in [-0.2, -0.15) is 5.10 Å². The lowest BCUT2D eigenvalue weighted by Gasteiger charge is -2.20. The molecule has 136 valence electrons. The Balaban J connectivity index is 1.93. The molecule has 2 heterocycles. The summed E-state index contributed by atoms with van der Waals surface area (Å²) < 4.78 is 2.83. The van der Waals surface area contributed by atoms with Crippen molar-refractivity contribution in [3.63, 3.8) is 0 Å². The van der Waals surface area contributed by atoms with Gasteiger partial charge in [-0.3, -0.25) is 15.0 Å². The lowest BCUT2D eigenvalue weighted by Crippen LogP contribution is -2.36. The molecular formula is C19H23N5O2. The van der Waals surface area contributed by atoms with Gasteiger partial charge in [0.25, 0.3) is 5.56 Å². The van der Waals surface area contributed by atoms with Gasteiger partial charge in [-0.15, -0.1) is 0 Å². The van der Waals surface area contributed by atoms with Crippen molar-refractivity contribution < 1.29 is 4.79 Å². The van der Waals surface area contributed by atoms with Crippen LogP contribution in [-0.4, -0.2) is 25.3 Å². The molecule has 1 aromatic carbocycles. The Kier molecular flexibility index (Phi) is 4.63. The maximum atomic E-state index is 12.7. The molecule has 0 fully saturated rings. The van der Waals surface area contributed by atoms with Crippen molar-refractivity contribution in [2.75, 3.05) is 5.43 Å². The summed E-state index contributed by atoms with van der Waals surface area (Å²) in [4.78, 5) is 29.7. The summed E-state index contributed by atoms with van der Waals surface area (Å²) in [6, 6.07) is 9.51. The maximum absolute atomic E-state index is 12.7. The minimum atomic E-state index is -0.346. The van der Waals surface area contributed by atoms with Gasteiger partial charge in [-0.1, -0.05) is 37.3 Å². The van der Waals surface area contributed by atoms with Crippen LogP contribution >= 0.6 is 0 Å². The van der Waals surface area contributed by atoms with Crippen LogP contribution in [0.3, 0.4) is 0 Å². The molecule has 7 heteroatoms. The van der Waals surface area contributed by atoms with Crippen LogP contribution in [0.25, 0.3) is 11.0 Å². The monoisotopic (exact) mass is 353 g/mol. The van der Waals surface area contributed by atoms with Gasteiger partial charge in [-0.05, 0) is 32.8 Å². The van der Waals surface area contributed by atoms with Crippen molar-refractivity contribution >= 4 is 16.9 Å². The van der Waals surface area contributed by atoms with E-state index in [2.05, 4.69) is 15.5 Å². The average Bonchev–Trinajstić information content (AvgIpc) is 3.04. The van der Waals surface area contributed by atoms with E-state index in [1.807, 2.05) is 58.0 Å². The highest BCUT2D eigenvalue weighted by atomic mass is 16.2. The molecule has 1 N–H and O–H groups in total. The minimum absolute atomic E-state index is 0.245. The first-order valence-corrected chi connectivity index (χ1v) is 8.64. The Labute approximate surface area is 151 Å². The largest absolute Gasteiger partial charge is 0.283 e. The zero-order valence-corrected chi connectivity index (χ0v) is 15.4. The topological polar surface area (TPSA) is 81.8 Å². The van der Waals surface area contributed by atoms with Crippen LogP contribution in [0.15, 0.2) is 47.7 Å². The third-order valence-electron chi connectivity index (χ3n) is 4.28. The Hall–Kier alpha value is -2.96. The van der Waals surface area contributed by atoms with Crippen molar-refractivity contribution in [1.82, 2.24) is 19.4 Å². The second kappa shape index (κ2) is 6.74. The van der Waals surface area contributed by atoms with Gasteiger partial charge in [0.15, 0.2) is 5.65 Å². The molecule has 0 saturated heterocycles. The lowest BCUT2D eigenvalue weighted by molar-refractivity contribution is -0.118. The van der Waals surface area contributed by atoms with Crippen LogP contribution in [-0.2, 0) is 10.3 Å². The number of nitrogens with zero attached hydrogens (tertiary/aromatic N) is 4. The van der Waals surface area contributed by atoms with Crippen LogP contribution in [0.5, 0.6) is 0 Å². The highest BCUT2D eigenvalue weighted by molar-refractivity contribution is 5.90. The van der Waals surface area contributed by atoms with Crippen molar-refractivity contribution in [2.24, 2.45) is 0 Å². The molecule has 1 amide bonds. The van der Waals surface area contributed by atoms with Gasteiger partial charge in [0.1, 0.15) is 11.7 Å². The Morgan fingerprint density at radius 1 is 1.23 bits per heavy atom. The molecule has 26 heavy (non-hydrogen) atoms. The highest BCUT2D eigenvalue weighted by Gasteiger charge is 2.22. The number of carbonyl (C=O) groups is 1. The first-order chi connectivity index (χ1) is 12.3. The molecule has 1 unspecified atom stereocenters. The molecule has 0 aliphatic carbocycles. The molecule has 1 atom stereocenters. The number of amides is 1. The third-order valence-corrected chi connectivity index (χ3v) is 4.28. The van der Waals surface area contributed by atoms with Crippen LogP contribution in [0.2, 0.25) is 0 Å². The van der Waals surface area contributed by atoms with Gasteiger partial charge in [-0.25, -0.2) is 14.3 Å². The molecule has 0 bridgehead atoms. The highest BCUT2D eigenvalue weighted by Crippen LogP contribution is 2.20. The zero-order chi connectivity index (χ0) is 18.9. The minimum Gasteiger partial charge on any atom is -0.273 e. The van der Waals surface area contributed by atoms with Gasteiger partial charge < -0.3 is 0 Å². The number of aromatic nitrogens is 4. The van der Waals surface area contributed by atoms with E-state index in [-0.39, 0.29) is 22.9 Å². The zero-order valence-electron chi connectivity index (χ0n) is 15.4. The predicted molar refractivity (Wildman–Crippen MR) is 101 cm³/mol. The van der Waals surface area contributed by atoms with Gasteiger partial charge in [0.2, 0.25) is 5.91 Å². The first kappa shape index (κ1) is 17.8. The number of nitrogens with one attached hydrogen (secondary N) is 1. The van der Waals surface area contributed by atoms with E-state index in [0.29, 0.717) is 17.5 Å². The quantitative estimate of drug-likeness (QED) is 0.782. The summed E-state index contributed by atoms with van der Waals surface area (Å²) in [6.07, 6.45) is 3.46. The Morgan fingerprint density at radius 3 is 2.54 bits per heavy atom. The summed E-state index contributed by atoms with van der Waals surface area (Å²) in [5, 5.41) is 4.65. The maximum Gasteiger partial charge on any atom is 0.283 e. The second-order valence-corrected chi connectivity index (χ2v) is 7.23. The molecule has 0 aliphatic heterocycles. The average molecular weight is 353 g/mol. The second-order valence-electron chi connectivity index (χ2n) is 7.23. The number of carbonyl (C=O) groups excluding carboxylic acids is 1. The SMILES string of the molecule is CCC(C(=O)Nn1cnc2c(cnn2C(C)(C)C)c1=O)c1ccccc1. The molecule has 0 saturated carbocycles. The van der Waals surface area contributed by atoms with Crippen LogP contribution < -0.4 is 11.0 Å². The summed E-state index contributed by atoms with van der Waals surface area (Å²) in [5.41, 5.74) is 3.44. The number of rotatable bonds is 4. The third kappa shape index (κ3) is 3.24. The van der Waals surface area contributed by atoms with E-state index < -0.39 is 0 Å². The Bertz CT molecular complexity index is 983. The van der Waals surface area contributed by atoms with Crippen molar-refractivity contribution in [2.45, 2.75) is 45.6 Å². The summed E-state index contributed by atoms with van der Waals surface area (Å²) >= 11 is 0. The van der Waals surface area contributed by atoms with E-state index in [1.54, 1.807) is 4.68 Å². The van der Waals surface area contributed by atoms with E-state index in [9.17, 15) is 9.59 Å². The fourth-order valence-electron chi connectivity index (χ4n) is 2.94. The number of fused-ring (bicyclic) bond motifs is 1. The van der Waals surface area contributed by atoms with Gasteiger partial charge in [0.05, 0.1) is 17.7 Å². The molecule has 0 aliphatic rings. The number of benzene rings is 1. The normalized spacial score (nSPS) is 12.9. The summed E-state index contributed by atoms with van der Waals surface area (Å²) in [6.45, 7) is 7.90. The predicted octanol–water partition coefficient (Wildman–Crippen LogP) is 2.61. The lowest BCUT2D eigenvalue weighted by atomic mass is 9.96. The van der Waals surface area contributed by atoms with Crippen molar-refractivity contribution in [3.8, 4) is 0 Å². The van der Waals surface area contributed by atoms with Gasteiger partial charge >= 0.3 is 0 Å². The fraction of sp³-hybridized carbons (Fsp3) is 0.368. The van der Waals surface area contributed by atoms with E-state index >= 15 is 0 Å². The molecule has 7 nitrogen and oxygen atoms in total. The molecule has 0 spiro atoms. The van der Waals surface area contributed by atoms with Crippen molar-refractivity contribution in [1.29, 1.82) is 0 Å². The molecule has 0 radical (unpaired) electrons. The smallest absolute Gasteiger partial charge is 0.273 e. The van der Waals surface area contributed by atoms with Crippen LogP contribution in [0, 0.1) is 0 Å². The van der Waals surface area contributed by atoms with Crippen molar-refractivity contribution in [3.05, 3.63) is 58.8 Å². The van der Waals surface area contributed by atoms with E-state index in [1.165, 1.54) is 12.5 Å². The number of hydrogen-bond donors (Lipinski definition) is 1. The van der Waals surface area contributed by atoms with E-state index in [0.717, 1.165) is 10.2 Å². The summed E-state index contributed by atoms with van der Waals surface area (Å²) in [5.74, 6) is -0.582. The fourth-order valence-corrected chi connectivity index (χ4v) is 2.94. The van der Waals surface area contributed by atoms with Crippen LogP contribution in [0.1, 0.15) is 45.6 Å². The molecular weight excluding hydrogens is 330 g/mol. The standard InChI is InChI=1S/C19H23N5O2/c1-5-14(13-9-7-6-8-10-13)17(25)22-23-12-20-16-15(18(23)26)11-21-24(16)19(2,3)4/h6-12,14H,5H2,1-4H3,(H,22,25). The first-order valence-electron chi connectivity index (χ1n) is 8.64. The van der Waals surface area contributed by atoms with Gasteiger partial charge in [0, 0.05) is 0 Å². The molecule has 3 rings (SSSR count). The van der Waals surface area contributed by atoms with Crippen LogP contribution in [0.4, 0.5) is 0 Å². The molecule has 2 aromatic heterocycles. The number of hydrogen-bond acceptors (Lipinski definition) is 4. The summed E-state index contributed by atoms with van der Waals surface area (Å²) in [7, 11) is 0. The molecule has 3 aromatic rings.